The van der Waals surface area contributed by atoms with E-state index >= 15 is 0 Å². The summed E-state index contributed by atoms with van der Waals surface area (Å²) in [7, 11) is 0. The van der Waals surface area contributed by atoms with Gasteiger partial charge in [0.05, 0.1) is 12.0 Å². The van der Waals surface area contributed by atoms with Gasteiger partial charge < -0.3 is 5.32 Å². The molecule has 2 aromatic rings. The van der Waals surface area contributed by atoms with E-state index in [2.05, 4.69) is 23.3 Å². The highest BCUT2D eigenvalue weighted by Crippen LogP contribution is 2.16. The third-order valence-corrected chi connectivity index (χ3v) is 3.19. The largest absolute Gasteiger partial charge is 0.309 e. The van der Waals surface area contributed by atoms with Crippen LogP contribution in [0.3, 0.4) is 0 Å². The van der Waals surface area contributed by atoms with Gasteiger partial charge in [-0.3, -0.25) is 4.98 Å². The first-order valence-corrected chi connectivity index (χ1v) is 6.39. The van der Waals surface area contributed by atoms with Crippen LogP contribution in [0.15, 0.2) is 54.9 Å². The maximum atomic E-state index is 9.26. The van der Waals surface area contributed by atoms with Crippen molar-refractivity contribution >= 4 is 0 Å². The molecular formula is C16H17N3. The lowest BCUT2D eigenvalue weighted by atomic mass is 10.00. The molecule has 1 unspecified atom stereocenters. The average Bonchev–Trinajstić information content (AvgIpc) is 2.49. The van der Waals surface area contributed by atoms with Crippen LogP contribution in [0, 0.1) is 11.3 Å². The smallest absolute Gasteiger partial charge is 0.0837 e. The summed E-state index contributed by atoms with van der Waals surface area (Å²) in [5.74, 6) is -0.120. The number of nitriles is 1. The Labute approximate surface area is 113 Å². The molecule has 0 aliphatic heterocycles. The second-order valence-corrected chi connectivity index (χ2v) is 4.50. The van der Waals surface area contributed by atoms with Crippen LogP contribution in [0.2, 0.25) is 0 Å². The van der Waals surface area contributed by atoms with Crippen LogP contribution in [0.25, 0.3) is 0 Å². The van der Waals surface area contributed by atoms with Crippen molar-refractivity contribution in [2.45, 2.75) is 18.9 Å². The lowest BCUT2D eigenvalue weighted by molar-refractivity contribution is 0.557. The maximum Gasteiger partial charge on any atom is 0.0837 e. The zero-order valence-electron chi connectivity index (χ0n) is 11.0. The SMILES string of the molecule is C[C@@H](NCC(C#N)c1ccccc1)c1ccncc1. The highest BCUT2D eigenvalue weighted by molar-refractivity contribution is 5.25. The maximum absolute atomic E-state index is 9.26. The molecule has 96 valence electrons. The van der Waals surface area contributed by atoms with Crippen molar-refractivity contribution in [3.8, 4) is 6.07 Å². The van der Waals surface area contributed by atoms with Gasteiger partial charge in [0.15, 0.2) is 0 Å². The topological polar surface area (TPSA) is 48.7 Å². The van der Waals surface area contributed by atoms with Crippen molar-refractivity contribution in [1.82, 2.24) is 10.3 Å². The highest BCUT2D eigenvalue weighted by atomic mass is 14.9. The Morgan fingerprint density at radius 2 is 1.79 bits per heavy atom. The van der Waals surface area contributed by atoms with Crippen molar-refractivity contribution in [1.29, 1.82) is 5.26 Å². The highest BCUT2D eigenvalue weighted by Gasteiger charge is 2.12. The van der Waals surface area contributed by atoms with Crippen LogP contribution >= 0.6 is 0 Å². The zero-order chi connectivity index (χ0) is 13.5. The van der Waals surface area contributed by atoms with E-state index in [4.69, 9.17) is 0 Å². The van der Waals surface area contributed by atoms with Gasteiger partial charge in [0.25, 0.3) is 0 Å². The van der Waals surface area contributed by atoms with Crippen LogP contribution < -0.4 is 5.32 Å². The van der Waals surface area contributed by atoms with Gasteiger partial charge in [0.1, 0.15) is 0 Å². The van der Waals surface area contributed by atoms with Crippen LogP contribution in [0.1, 0.15) is 30.0 Å². The molecule has 0 saturated carbocycles. The van der Waals surface area contributed by atoms with Gasteiger partial charge in [0.2, 0.25) is 0 Å². The molecule has 0 aliphatic carbocycles. The van der Waals surface area contributed by atoms with E-state index in [1.165, 1.54) is 5.56 Å². The van der Waals surface area contributed by atoms with Gasteiger partial charge in [-0.1, -0.05) is 30.3 Å². The van der Waals surface area contributed by atoms with E-state index in [0.717, 1.165) is 5.56 Å². The summed E-state index contributed by atoms with van der Waals surface area (Å²) in [6.07, 6.45) is 3.57. The number of rotatable bonds is 5. The molecule has 0 aliphatic rings. The van der Waals surface area contributed by atoms with Crippen molar-refractivity contribution in [2.24, 2.45) is 0 Å². The first-order chi connectivity index (χ1) is 9.31. The minimum absolute atomic E-state index is 0.120. The fourth-order valence-corrected chi connectivity index (χ4v) is 1.99. The van der Waals surface area contributed by atoms with Crippen LogP contribution in [-0.2, 0) is 0 Å². The van der Waals surface area contributed by atoms with E-state index in [-0.39, 0.29) is 12.0 Å². The van der Waals surface area contributed by atoms with Crippen molar-refractivity contribution in [3.63, 3.8) is 0 Å². The number of nitrogens with zero attached hydrogens (tertiary/aromatic N) is 2. The second kappa shape index (κ2) is 6.67. The van der Waals surface area contributed by atoms with E-state index in [0.29, 0.717) is 6.54 Å². The molecule has 0 amide bonds. The minimum Gasteiger partial charge on any atom is -0.309 e. The molecule has 0 fully saturated rings. The molecule has 0 radical (unpaired) electrons. The second-order valence-electron chi connectivity index (χ2n) is 4.50. The number of aromatic nitrogens is 1. The molecule has 2 rings (SSSR count). The molecule has 3 heteroatoms. The van der Waals surface area contributed by atoms with Crippen molar-refractivity contribution < 1.29 is 0 Å². The molecule has 0 bridgehead atoms. The summed E-state index contributed by atoms with van der Waals surface area (Å²) < 4.78 is 0. The number of benzene rings is 1. The molecule has 1 heterocycles. The summed E-state index contributed by atoms with van der Waals surface area (Å²) in [5.41, 5.74) is 2.24. The molecule has 3 nitrogen and oxygen atoms in total. The summed E-state index contributed by atoms with van der Waals surface area (Å²) in [5, 5.41) is 12.7. The number of pyridine rings is 1. The average molecular weight is 251 g/mol. The number of hydrogen-bond acceptors (Lipinski definition) is 3. The third kappa shape index (κ3) is 3.64. The minimum atomic E-state index is -0.120. The fourth-order valence-electron chi connectivity index (χ4n) is 1.99. The standard InChI is InChI=1S/C16H17N3/c1-13(14-7-9-18-10-8-14)19-12-16(11-17)15-5-3-2-4-6-15/h2-10,13,16,19H,12H2,1H3/t13-,16?/m1/s1. The van der Waals surface area contributed by atoms with Gasteiger partial charge in [-0.05, 0) is 30.2 Å². The lowest BCUT2D eigenvalue weighted by Gasteiger charge is -2.16. The predicted molar refractivity (Wildman–Crippen MR) is 75.5 cm³/mol. The monoisotopic (exact) mass is 251 g/mol. The Bertz CT molecular complexity index is 531. The third-order valence-electron chi connectivity index (χ3n) is 3.19. The van der Waals surface area contributed by atoms with Crippen LogP contribution in [0.5, 0.6) is 0 Å². The Hall–Kier alpha value is -2.18. The molecule has 2 atom stereocenters. The van der Waals surface area contributed by atoms with E-state index in [1.54, 1.807) is 12.4 Å². The Kier molecular flexibility index (Phi) is 4.66. The Balaban J connectivity index is 1.96. The van der Waals surface area contributed by atoms with Gasteiger partial charge in [-0.2, -0.15) is 5.26 Å². The Morgan fingerprint density at radius 3 is 2.42 bits per heavy atom. The summed E-state index contributed by atoms with van der Waals surface area (Å²) in [6, 6.07) is 16.4. The van der Waals surface area contributed by atoms with Crippen LogP contribution in [-0.4, -0.2) is 11.5 Å². The zero-order valence-corrected chi connectivity index (χ0v) is 11.0. The van der Waals surface area contributed by atoms with Crippen molar-refractivity contribution in [3.05, 3.63) is 66.0 Å². The molecular weight excluding hydrogens is 234 g/mol. The molecule has 1 N–H and O–H groups in total. The summed E-state index contributed by atoms with van der Waals surface area (Å²) in [4.78, 5) is 4.01. The molecule has 19 heavy (non-hydrogen) atoms. The van der Waals surface area contributed by atoms with Gasteiger partial charge in [0, 0.05) is 25.0 Å². The van der Waals surface area contributed by atoms with Gasteiger partial charge in [-0.25, -0.2) is 0 Å². The predicted octanol–water partition coefficient (Wildman–Crippen LogP) is 3.04. The van der Waals surface area contributed by atoms with Crippen LogP contribution in [0.4, 0.5) is 0 Å². The number of hydrogen-bond donors (Lipinski definition) is 1. The molecule has 0 spiro atoms. The van der Waals surface area contributed by atoms with E-state index in [9.17, 15) is 5.26 Å². The molecule has 1 aromatic heterocycles. The first kappa shape index (κ1) is 13.3. The fraction of sp³-hybridized carbons (Fsp3) is 0.250. The summed E-state index contributed by atoms with van der Waals surface area (Å²) >= 11 is 0. The Morgan fingerprint density at radius 1 is 1.11 bits per heavy atom. The normalized spacial score (nSPS) is 13.5. The lowest BCUT2D eigenvalue weighted by Crippen LogP contribution is -2.24. The summed E-state index contributed by atoms with van der Waals surface area (Å²) in [6.45, 7) is 2.73. The van der Waals surface area contributed by atoms with E-state index in [1.807, 2.05) is 42.5 Å². The first-order valence-electron chi connectivity index (χ1n) is 6.39. The van der Waals surface area contributed by atoms with Crippen molar-refractivity contribution in [2.75, 3.05) is 6.54 Å². The molecule has 0 saturated heterocycles. The van der Waals surface area contributed by atoms with Gasteiger partial charge >= 0.3 is 0 Å². The van der Waals surface area contributed by atoms with E-state index < -0.39 is 0 Å². The quantitative estimate of drug-likeness (QED) is 0.888. The number of nitrogens with one attached hydrogen (secondary N) is 1. The molecule has 1 aromatic carbocycles. The van der Waals surface area contributed by atoms with Gasteiger partial charge in [-0.15, -0.1) is 0 Å².